The third kappa shape index (κ3) is 3.68. The van der Waals surface area contributed by atoms with E-state index in [1.54, 1.807) is 6.92 Å². The number of carbonyl (C=O) groups is 2. The molecule has 1 aliphatic rings. The number of benzene rings is 1. The Morgan fingerprint density at radius 2 is 2.13 bits per heavy atom. The lowest BCUT2D eigenvalue weighted by atomic mass is 9.97. The van der Waals surface area contributed by atoms with E-state index in [4.69, 9.17) is 9.26 Å². The van der Waals surface area contributed by atoms with Crippen molar-refractivity contribution >= 4 is 17.6 Å². The van der Waals surface area contributed by atoms with Crippen molar-refractivity contribution in [2.75, 3.05) is 18.5 Å². The maximum Gasteiger partial charge on any atom is 0.314 e. The molecule has 0 aliphatic carbocycles. The van der Waals surface area contributed by atoms with Crippen LogP contribution in [0.2, 0.25) is 0 Å². The molecule has 2 aromatic rings. The molecule has 2 amide bonds. The van der Waals surface area contributed by atoms with E-state index >= 15 is 0 Å². The molecule has 7 nitrogen and oxygen atoms in total. The molecule has 7 heteroatoms. The number of nitrogens with zero attached hydrogens (tertiary/aromatic N) is 1. The Labute approximate surface area is 133 Å². The van der Waals surface area contributed by atoms with Crippen molar-refractivity contribution in [1.82, 2.24) is 10.5 Å². The number of hydrogen-bond donors (Lipinski definition) is 2. The zero-order valence-corrected chi connectivity index (χ0v) is 12.7. The van der Waals surface area contributed by atoms with Crippen molar-refractivity contribution in [3.05, 3.63) is 41.7 Å². The number of ether oxygens (including phenoxy) is 1. The van der Waals surface area contributed by atoms with E-state index in [1.807, 2.05) is 24.3 Å². The van der Waals surface area contributed by atoms with E-state index in [9.17, 15) is 9.59 Å². The Balaban J connectivity index is 1.48. The van der Waals surface area contributed by atoms with Gasteiger partial charge in [0.05, 0.1) is 6.61 Å². The average molecular weight is 315 g/mol. The van der Waals surface area contributed by atoms with Gasteiger partial charge < -0.3 is 14.6 Å². The number of rotatable bonds is 3. The van der Waals surface area contributed by atoms with E-state index in [1.165, 1.54) is 6.07 Å². The third-order valence-corrected chi connectivity index (χ3v) is 3.58. The number of aromatic nitrogens is 1. The first-order valence-electron chi connectivity index (χ1n) is 7.35. The van der Waals surface area contributed by atoms with Gasteiger partial charge in [0.25, 0.3) is 0 Å². The van der Waals surface area contributed by atoms with Gasteiger partial charge in [-0.15, -0.1) is 0 Å². The van der Waals surface area contributed by atoms with Gasteiger partial charge in [0.15, 0.2) is 5.82 Å². The molecule has 1 aliphatic heterocycles. The molecule has 0 spiro atoms. The minimum Gasteiger partial charge on any atom is -0.493 e. The molecule has 1 aromatic heterocycles. The van der Waals surface area contributed by atoms with Crippen LogP contribution in [0.1, 0.15) is 11.3 Å². The monoisotopic (exact) mass is 315 g/mol. The van der Waals surface area contributed by atoms with Gasteiger partial charge in [0.1, 0.15) is 11.5 Å². The minimum absolute atomic E-state index is 0.135. The quantitative estimate of drug-likeness (QED) is 0.833. The largest absolute Gasteiger partial charge is 0.493 e. The number of fused-ring (bicyclic) bond motifs is 1. The van der Waals surface area contributed by atoms with Crippen LogP contribution in [0.3, 0.4) is 0 Å². The van der Waals surface area contributed by atoms with Gasteiger partial charge >= 0.3 is 11.8 Å². The van der Waals surface area contributed by atoms with E-state index in [0.29, 0.717) is 18.9 Å². The molecule has 3 rings (SSSR count). The zero-order valence-electron chi connectivity index (χ0n) is 12.7. The van der Waals surface area contributed by atoms with Gasteiger partial charge in [0, 0.05) is 18.5 Å². The van der Waals surface area contributed by atoms with Crippen LogP contribution >= 0.6 is 0 Å². The summed E-state index contributed by atoms with van der Waals surface area (Å²) < 4.78 is 10.5. The number of amides is 2. The summed E-state index contributed by atoms with van der Waals surface area (Å²) in [7, 11) is 0. The fraction of sp³-hybridized carbons (Fsp3) is 0.312. The Kier molecular flexibility index (Phi) is 4.27. The van der Waals surface area contributed by atoms with Crippen molar-refractivity contribution in [1.29, 1.82) is 0 Å². The van der Waals surface area contributed by atoms with Crippen LogP contribution in [0.15, 0.2) is 34.9 Å². The number of anilines is 1. The maximum atomic E-state index is 11.8. The SMILES string of the molecule is Cc1cc(NC(=O)C(=O)NC[C@@H]2COc3ccccc3C2)no1. The summed E-state index contributed by atoms with van der Waals surface area (Å²) in [6, 6.07) is 9.35. The second-order valence-corrected chi connectivity index (χ2v) is 5.48. The Bertz CT molecular complexity index is 726. The van der Waals surface area contributed by atoms with E-state index in [-0.39, 0.29) is 11.7 Å². The first-order chi connectivity index (χ1) is 11.1. The molecule has 120 valence electrons. The van der Waals surface area contributed by atoms with Gasteiger partial charge in [-0.05, 0) is 25.0 Å². The first kappa shape index (κ1) is 15.1. The molecule has 2 N–H and O–H groups in total. The molecule has 0 unspecified atom stereocenters. The number of carbonyl (C=O) groups excluding carboxylic acids is 2. The summed E-state index contributed by atoms with van der Waals surface area (Å²) in [4.78, 5) is 23.6. The van der Waals surface area contributed by atoms with Gasteiger partial charge in [-0.2, -0.15) is 0 Å². The van der Waals surface area contributed by atoms with Gasteiger partial charge in [-0.3, -0.25) is 14.9 Å². The third-order valence-electron chi connectivity index (χ3n) is 3.58. The molecule has 23 heavy (non-hydrogen) atoms. The lowest BCUT2D eigenvalue weighted by Crippen LogP contribution is -2.40. The van der Waals surface area contributed by atoms with Crippen molar-refractivity contribution in [2.45, 2.75) is 13.3 Å². The lowest BCUT2D eigenvalue weighted by molar-refractivity contribution is -0.136. The number of aryl methyl sites for hydroxylation is 1. The molecular formula is C16H17N3O4. The second kappa shape index (κ2) is 6.51. The van der Waals surface area contributed by atoms with E-state index in [2.05, 4.69) is 15.8 Å². The van der Waals surface area contributed by atoms with E-state index in [0.717, 1.165) is 17.7 Å². The fourth-order valence-electron chi connectivity index (χ4n) is 2.44. The van der Waals surface area contributed by atoms with Crippen molar-refractivity contribution in [3.63, 3.8) is 0 Å². The highest BCUT2D eigenvalue weighted by Gasteiger charge is 2.22. The summed E-state index contributed by atoms with van der Waals surface area (Å²) in [5, 5.41) is 8.61. The molecule has 0 fully saturated rings. The normalized spacial score (nSPS) is 16.1. The molecule has 0 saturated heterocycles. The van der Waals surface area contributed by atoms with Crippen molar-refractivity contribution < 1.29 is 18.8 Å². The summed E-state index contributed by atoms with van der Waals surface area (Å²) in [6.07, 6.45) is 0.806. The van der Waals surface area contributed by atoms with Gasteiger partial charge in [-0.1, -0.05) is 23.4 Å². The van der Waals surface area contributed by atoms with Crippen molar-refractivity contribution in [2.24, 2.45) is 5.92 Å². The van der Waals surface area contributed by atoms with E-state index < -0.39 is 11.8 Å². The molecule has 1 aromatic carbocycles. The molecule has 1 atom stereocenters. The number of nitrogens with one attached hydrogen (secondary N) is 2. The summed E-state index contributed by atoms with van der Waals surface area (Å²) in [5.41, 5.74) is 1.11. The first-order valence-corrected chi connectivity index (χ1v) is 7.35. The molecule has 0 radical (unpaired) electrons. The Hall–Kier alpha value is -2.83. The molecule has 0 bridgehead atoms. The van der Waals surface area contributed by atoms with Crippen LogP contribution in [0.25, 0.3) is 0 Å². The highest BCUT2D eigenvalue weighted by Crippen LogP contribution is 2.26. The fourth-order valence-corrected chi connectivity index (χ4v) is 2.44. The van der Waals surface area contributed by atoms with Gasteiger partial charge in [-0.25, -0.2) is 0 Å². The zero-order chi connectivity index (χ0) is 16.2. The van der Waals surface area contributed by atoms with Crippen LogP contribution in [0.5, 0.6) is 5.75 Å². The lowest BCUT2D eigenvalue weighted by Gasteiger charge is -2.25. The molecular weight excluding hydrogens is 298 g/mol. The van der Waals surface area contributed by atoms with Crippen LogP contribution in [-0.2, 0) is 16.0 Å². The second-order valence-electron chi connectivity index (χ2n) is 5.48. The van der Waals surface area contributed by atoms with Crippen LogP contribution < -0.4 is 15.4 Å². The Morgan fingerprint density at radius 1 is 1.30 bits per heavy atom. The standard InChI is InChI=1S/C16H17N3O4/c1-10-6-14(19-23-10)18-16(21)15(20)17-8-11-7-12-4-2-3-5-13(12)22-9-11/h2-6,11H,7-9H2,1H3,(H,17,20)(H,18,19,21)/t11-/m1/s1. The van der Waals surface area contributed by atoms with Crippen LogP contribution in [0.4, 0.5) is 5.82 Å². The van der Waals surface area contributed by atoms with Crippen molar-refractivity contribution in [3.8, 4) is 5.75 Å². The number of para-hydroxylation sites is 1. The Morgan fingerprint density at radius 3 is 2.91 bits per heavy atom. The molecule has 2 heterocycles. The predicted molar refractivity (Wildman–Crippen MR) is 82.0 cm³/mol. The van der Waals surface area contributed by atoms with Crippen LogP contribution in [0, 0.1) is 12.8 Å². The van der Waals surface area contributed by atoms with Gasteiger partial charge in [0.2, 0.25) is 0 Å². The minimum atomic E-state index is -0.768. The topological polar surface area (TPSA) is 93.5 Å². The number of hydrogen-bond acceptors (Lipinski definition) is 5. The average Bonchev–Trinajstić information content (AvgIpc) is 2.97. The summed E-state index contributed by atoms with van der Waals surface area (Å²) in [5.74, 6) is 0.321. The highest BCUT2D eigenvalue weighted by atomic mass is 16.5. The smallest absolute Gasteiger partial charge is 0.314 e. The summed E-state index contributed by atoms with van der Waals surface area (Å²) in [6.45, 7) is 2.59. The summed E-state index contributed by atoms with van der Waals surface area (Å²) >= 11 is 0. The highest BCUT2D eigenvalue weighted by molar-refractivity contribution is 6.39. The maximum absolute atomic E-state index is 11.8. The predicted octanol–water partition coefficient (Wildman–Crippen LogP) is 1.29. The molecule has 0 saturated carbocycles. The van der Waals surface area contributed by atoms with Crippen LogP contribution in [-0.4, -0.2) is 30.1 Å².